The zero-order valence-electron chi connectivity index (χ0n) is 15.3. The van der Waals surface area contributed by atoms with Crippen LogP contribution in [0.5, 0.6) is 0 Å². The van der Waals surface area contributed by atoms with Gasteiger partial charge in [0, 0.05) is 43.0 Å². The summed E-state index contributed by atoms with van der Waals surface area (Å²) in [5, 5.41) is 1.06. The lowest BCUT2D eigenvalue weighted by molar-refractivity contribution is 0.182. The van der Waals surface area contributed by atoms with Gasteiger partial charge in [-0.1, -0.05) is 24.0 Å². The highest BCUT2D eigenvalue weighted by Gasteiger charge is 2.14. The van der Waals surface area contributed by atoms with Crippen molar-refractivity contribution in [1.82, 2.24) is 14.9 Å². The first-order valence-electron chi connectivity index (χ1n) is 9.09. The van der Waals surface area contributed by atoms with Gasteiger partial charge in [0.2, 0.25) is 0 Å². The minimum absolute atomic E-state index is 0.453. The van der Waals surface area contributed by atoms with E-state index in [1.54, 1.807) is 0 Å². The first kappa shape index (κ1) is 16.8. The smallest absolute Gasteiger partial charge is 0.138 e. The highest BCUT2D eigenvalue weighted by Crippen LogP contribution is 2.28. The number of aromatic amines is 1. The number of rotatable bonds is 3. The minimum atomic E-state index is 0.453. The molecule has 0 atom stereocenters. The molecule has 0 fully saturated rings. The summed E-state index contributed by atoms with van der Waals surface area (Å²) in [7, 11) is 2.18. The summed E-state index contributed by atoms with van der Waals surface area (Å²) in [6.07, 6.45) is 4.98. The van der Waals surface area contributed by atoms with Crippen LogP contribution in [0.25, 0.3) is 22.2 Å². The van der Waals surface area contributed by atoms with E-state index in [2.05, 4.69) is 58.0 Å². The Morgan fingerprint density at radius 3 is 3.04 bits per heavy atom. The molecule has 26 heavy (non-hydrogen) atoms. The first-order valence-corrected chi connectivity index (χ1v) is 9.09. The lowest BCUT2D eigenvalue weighted by atomic mass is 9.95. The summed E-state index contributed by atoms with van der Waals surface area (Å²) in [5.74, 6) is 6.24. The fraction of sp³-hybridized carbons (Fsp3) is 0.318. The van der Waals surface area contributed by atoms with E-state index >= 15 is 0 Å². The number of pyridine rings is 1. The second-order valence-corrected chi connectivity index (χ2v) is 6.73. The summed E-state index contributed by atoms with van der Waals surface area (Å²) in [6.45, 7) is 5.25. The van der Waals surface area contributed by atoms with Gasteiger partial charge in [-0.3, -0.25) is 0 Å². The molecule has 0 bridgehead atoms. The number of hydrogen-bond acceptors (Lipinski definition) is 3. The van der Waals surface area contributed by atoms with Gasteiger partial charge < -0.3 is 14.6 Å². The second-order valence-electron chi connectivity index (χ2n) is 6.73. The molecule has 0 saturated heterocycles. The SMILES string of the molecule is CCOCC#Cc1c[nH]c2ncc(-c3ccc4c(c3)CN(C)CC4)cc12. The number of fused-ring (bicyclic) bond motifs is 2. The van der Waals surface area contributed by atoms with Crippen LogP contribution >= 0.6 is 0 Å². The normalized spacial score (nSPS) is 14.1. The number of aromatic nitrogens is 2. The Morgan fingerprint density at radius 2 is 2.15 bits per heavy atom. The number of likely N-dealkylation sites (N-methyl/N-ethyl adjacent to an activating group) is 1. The Morgan fingerprint density at radius 1 is 1.23 bits per heavy atom. The van der Waals surface area contributed by atoms with Crippen molar-refractivity contribution in [2.24, 2.45) is 0 Å². The zero-order valence-corrected chi connectivity index (χ0v) is 15.3. The van der Waals surface area contributed by atoms with E-state index in [4.69, 9.17) is 4.74 Å². The quantitative estimate of drug-likeness (QED) is 0.582. The van der Waals surface area contributed by atoms with E-state index in [1.165, 1.54) is 16.7 Å². The van der Waals surface area contributed by atoms with E-state index in [0.717, 1.165) is 41.7 Å². The Bertz CT molecular complexity index is 994. The molecule has 3 heterocycles. The standard InChI is InChI=1S/C22H23N3O/c1-3-26-10-4-5-18-13-23-22-21(18)12-19(14-24-22)17-7-6-16-8-9-25(2)15-20(16)11-17/h6-7,11-14H,3,8-10,15H2,1-2H3,(H,23,24). The van der Waals surface area contributed by atoms with Crippen molar-refractivity contribution in [3.63, 3.8) is 0 Å². The average molecular weight is 345 g/mol. The molecule has 0 unspecified atom stereocenters. The highest BCUT2D eigenvalue weighted by molar-refractivity contribution is 5.87. The number of ether oxygens (including phenoxy) is 1. The lowest BCUT2D eigenvalue weighted by Gasteiger charge is -2.25. The van der Waals surface area contributed by atoms with Crippen molar-refractivity contribution in [2.45, 2.75) is 19.9 Å². The maximum Gasteiger partial charge on any atom is 0.138 e. The molecule has 0 amide bonds. The maximum absolute atomic E-state index is 5.29. The van der Waals surface area contributed by atoms with Crippen molar-refractivity contribution < 1.29 is 4.74 Å². The number of H-pyrrole nitrogens is 1. The van der Waals surface area contributed by atoms with E-state index in [9.17, 15) is 0 Å². The molecule has 1 aromatic carbocycles. The fourth-order valence-electron chi connectivity index (χ4n) is 3.43. The van der Waals surface area contributed by atoms with Gasteiger partial charge in [-0.05, 0) is 49.2 Å². The molecule has 0 radical (unpaired) electrons. The number of nitrogens with zero attached hydrogens (tertiary/aromatic N) is 2. The van der Waals surface area contributed by atoms with Crippen molar-refractivity contribution in [2.75, 3.05) is 26.8 Å². The third-order valence-corrected chi connectivity index (χ3v) is 4.88. The largest absolute Gasteiger partial charge is 0.369 e. The molecule has 0 spiro atoms. The molecule has 4 heteroatoms. The van der Waals surface area contributed by atoms with E-state index < -0.39 is 0 Å². The van der Waals surface area contributed by atoms with Gasteiger partial charge in [-0.15, -0.1) is 0 Å². The van der Waals surface area contributed by atoms with Crippen LogP contribution in [-0.2, 0) is 17.7 Å². The second kappa shape index (κ2) is 7.33. The van der Waals surface area contributed by atoms with Gasteiger partial charge in [-0.2, -0.15) is 0 Å². The fourth-order valence-corrected chi connectivity index (χ4v) is 3.43. The van der Waals surface area contributed by atoms with Crippen molar-refractivity contribution in [3.8, 4) is 23.0 Å². The monoisotopic (exact) mass is 345 g/mol. The van der Waals surface area contributed by atoms with Crippen LogP contribution in [0.15, 0.2) is 36.7 Å². The predicted octanol–water partition coefficient (Wildman–Crippen LogP) is 3.61. The Hall–Kier alpha value is -2.61. The summed E-state index contributed by atoms with van der Waals surface area (Å²) in [5.41, 5.74) is 7.05. The van der Waals surface area contributed by atoms with Crippen molar-refractivity contribution in [1.29, 1.82) is 0 Å². The van der Waals surface area contributed by atoms with Crippen molar-refractivity contribution >= 4 is 11.0 Å². The van der Waals surface area contributed by atoms with Gasteiger partial charge in [0.15, 0.2) is 0 Å². The molecule has 1 N–H and O–H groups in total. The number of hydrogen-bond donors (Lipinski definition) is 1. The van der Waals surface area contributed by atoms with Crippen LogP contribution in [-0.4, -0.2) is 41.7 Å². The lowest BCUT2D eigenvalue weighted by Crippen LogP contribution is -2.26. The zero-order chi connectivity index (χ0) is 17.9. The molecular formula is C22H23N3O. The first-order chi connectivity index (χ1) is 12.7. The molecular weight excluding hydrogens is 322 g/mol. The molecule has 3 aromatic rings. The summed E-state index contributed by atoms with van der Waals surface area (Å²) < 4.78 is 5.29. The molecule has 4 nitrogen and oxygen atoms in total. The van der Waals surface area contributed by atoms with E-state index in [0.29, 0.717) is 13.2 Å². The third kappa shape index (κ3) is 3.37. The molecule has 4 rings (SSSR count). The van der Waals surface area contributed by atoms with Crippen LogP contribution in [0.3, 0.4) is 0 Å². The number of benzene rings is 1. The highest BCUT2D eigenvalue weighted by atomic mass is 16.5. The van der Waals surface area contributed by atoms with Crippen LogP contribution in [0.1, 0.15) is 23.6 Å². The Balaban J connectivity index is 1.68. The molecule has 1 aliphatic rings. The van der Waals surface area contributed by atoms with Crippen molar-refractivity contribution in [3.05, 3.63) is 53.3 Å². The topological polar surface area (TPSA) is 41.1 Å². The molecule has 0 saturated carbocycles. The number of nitrogens with one attached hydrogen (secondary N) is 1. The van der Waals surface area contributed by atoms with Gasteiger partial charge in [0.25, 0.3) is 0 Å². The van der Waals surface area contributed by atoms with Crippen LogP contribution < -0.4 is 0 Å². The Labute approximate surface area is 154 Å². The van der Waals surface area contributed by atoms with E-state index in [-0.39, 0.29) is 0 Å². The maximum atomic E-state index is 5.29. The average Bonchev–Trinajstić information content (AvgIpc) is 3.07. The summed E-state index contributed by atoms with van der Waals surface area (Å²) >= 11 is 0. The van der Waals surface area contributed by atoms with Gasteiger partial charge in [-0.25, -0.2) is 4.98 Å². The predicted molar refractivity (Wildman–Crippen MR) is 105 cm³/mol. The van der Waals surface area contributed by atoms with Gasteiger partial charge in [0.05, 0.1) is 5.56 Å². The summed E-state index contributed by atoms with van der Waals surface area (Å²) in [4.78, 5) is 10.2. The van der Waals surface area contributed by atoms with Crippen LogP contribution in [0.4, 0.5) is 0 Å². The van der Waals surface area contributed by atoms with Crippen LogP contribution in [0.2, 0.25) is 0 Å². The van der Waals surface area contributed by atoms with E-state index in [1.807, 2.05) is 19.3 Å². The van der Waals surface area contributed by atoms with Gasteiger partial charge >= 0.3 is 0 Å². The minimum Gasteiger partial charge on any atom is -0.369 e. The molecule has 2 aromatic heterocycles. The molecule has 132 valence electrons. The van der Waals surface area contributed by atoms with Gasteiger partial charge in [0.1, 0.15) is 12.3 Å². The third-order valence-electron chi connectivity index (χ3n) is 4.88. The van der Waals surface area contributed by atoms with Crippen LogP contribution in [0, 0.1) is 11.8 Å². The summed E-state index contributed by atoms with van der Waals surface area (Å²) in [6, 6.07) is 8.96. The molecule has 1 aliphatic heterocycles. The molecule has 0 aliphatic carbocycles. The Kier molecular flexibility index (Phi) is 4.75.